The number of rotatable bonds is 3. The predicted molar refractivity (Wildman–Crippen MR) is 77.1 cm³/mol. The second-order valence-electron chi connectivity index (χ2n) is 4.98. The van der Waals surface area contributed by atoms with E-state index in [9.17, 15) is 0 Å². The SMILES string of the molecule is CC(C)c1cccc2c1N(C(C)CN)CCS2. The molecule has 94 valence electrons. The van der Waals surface area contributed by atoms with Gasteiger partial charge in [0.2, 0.25) is 0 Å². The molecule has 1 aromatic rings. The minimum atomic E-state index is 0.426. The van der Waals surface area contributed by atoms with Crippen molar-refractivity contribution in [3.8, 4) is 0 Å². The first-order valence-corrected chi connectivity index (χ1v) is 7.36. The summed E-state index contributed by atoms with van der Waals surface area (Å²) in [6.45, 7) is 8.58. The minimum absolute atomic E-state index is 0.426. The van der Waals surface area contributed by atoms with Crippen molar-refractivity contribution in [3.63, 3.8) is 0 Å². The van der Waals surface area contributed by atoms with Gasteiger partial charge in [0.1, 0.15) is 0 Å². The van der Waals surface area contributed by atoms with Gasteiger partial charge < -0.3 is 10.6 Å². The summed E-state index contributed by atoms with van der Waals surface area (Å²) in [7, 11) is 0. The summed E-state index contributed by atoms with van der Waals surface area (Å²) in [6.07, 6.45) is 0. The topological polar surface area (TPSA) is 29.3 Å². The zero-order valence-corrected chi connectivity index (χ0v) is 11.8. The monoisotopic (exact) mass is 250 g/mol. The van der Waals surface area contributed by atoms with E-state index < -0.39 is 0 Å². The Kier molecular flexibility index (Phi) is 4.00. The molecule has 0 saturated heterocycles. The molecule has 1 aliphatic rings. The van der Waals surface area contributed by atoms with Crippen molar-refractivity contribution in [2.24, 2.45) is 5.73 Å². The van der Waals surface area contributed by atoms with Crippen molar-refractivity contribution in [2.45, 2.75) is 37.6 Å². The molecule has 0 amide bonds. The minimum Gasteiger partial charge on any atom is -0.366 e. The number of hydrogen-bond acceptors (Lipinski definition) is 3. The molecule has 17 heavy (non-hydrogen) atoms. The third-order valence-electron chi connectivity index (χ3n) is 3.40. The Morgan fingerprint density at radius 1 is 1.35 bits per heavy atom. The molecule has 0 radical (unpaired) electrons. The Hall–Kier alpha value is -0.670. The van der Waals surface area contributed by atoms with E-state index >= 15 is 0 Å². The summed E-state index contributed by atoms with van der Waals surface area (Å²) in [4.78, 5) is 3.91. The first-order chi connectivity index (χ1) is 8.15. The van der Waals surface area contributed by atoms with Crippen molar-refractivity contribution in [1.29, 1.82) is 0 Å². The number of anilines is 1. The standard InChI is InChI=1S/C14H22N2S/c1-10(2)12-5-4-6-13-14(12)16(7-8-17-13)11(3)9-15/h4-6,10-11H,7-9,15H2,1-3H3. The summed E-state index contributed by atoms with van der Waals surface area (Å²) < 4.78 is 0. The summed E-state index contributed by atoms with van der Waals surface area (Å²) in [6, 6.07) is 7.10. The molecule has 0 spiro atoms. The van der Waals surface area contributed by atoms with E-state index in [0.29, 0.717) is 12.0 Å². The van der Waals surface area contributed by atoms with E-state index in [2.05, 4.69) is 43.9 Å². The second-order valence-corrected chi connectivity index (χ2v) is 6.11. The fraction of sp³-hybridized carbons (Fsp3) is 0.571. The van der Waals surface area contributed by atoms with Gasteiger partial charge in [-0.15, -0.1) is 11.8 Å². The lowest BCUT2D eigenvalue weighted by atomic mass is 9.99. The van der Waals surface area contributed by atoms with Crippen LogP contribution in [0.25, 0.3) is 0 Å². The van der Waals surface area contributed by atoms with E-state index in [4.69, 9.17) is 5.73 Å². The van der Waals surface area contributed by atoms with Gasteiger partial charge in [0, 0.05) is 29.8 Å². The van der Waals surface area contributed by atoms with Crippen LogP contribution in [-0.4, -0.2) is 24.9 Å². The summed E-state index contributed by atoms with van der Waals surface area (Å²) in [5.74, 6) is 1.73. The molecule has 0 aromatic heterocycles. The number of thioether (sulfide) groups is 1. The van der Waals surface area contributed by atoms with Crippen LogP contribution in [0.3, 0.4) is 0 Å². The van der Waals surface area contributed by atoms with Crippen LogP contribution >= 0.6 is 11.8 Å². The van der Waals surface area contributed by atoms with Crippen LogP contribution in [0.1, 0.15) is 32.3 Å². The quantitative estimate of drug-likeness (QED) is 0.894. The van der Waals surface area contributed by atoms with Gasteiger partial charge in [-0.25, -0.2) is 0 Å². The second kappa shape index (κ2) is 5.32. The van der Waals surface area contributed by atoms with Gasteiger partial charge >= 0.3 is 0 Å². The summed E-state index contributed by atoms with van der Waals surface area (Å²) in [5, 5.41) is 0. The average Bonchev–Trinajstić information content (AvgIpc) is 2.36. The Balaban J connectivity index is 2.47. The molecular formula is C14H22N2S. The molecule has 0 bridgehead atoms. The highest BCUT2D eigenvalue weighted by Gasteiger charge is 2.24. The maximum atomic E-state index is 5.84. The highest BCUT2D eigenvalue weighted by atomic mass is 32.2. The van der Waals surface area contributed by atoms with Gasteiger partial charge in [-0.05, 0) is 24.5 Å². The summed E-state index contributed by atoms with van der Waals surface area (Å²) in [5.41, 5.74) is 8.72. The number of fused-ring (bicyclic) bond motifs is 1. The fourth-order valence-corrected chi connectivity index (χ4v) is 3.42. The molecule has 1 aliphatic heterocycles. The fourth-order valence-electron chi connectivity index (χ4n) is 2.36. The molecule has 2 N–H and O–H groups in total. The first-order valence-electron chi connectivity index (χ1n) is 6.37. The van der Waals surface area contributed by atoms with Crippen LogP contribution in [-0.2, 0) is 0 Å². The molecule has 2 rings (SSSR count). The normalized spacial score (nSPS) is 17.1. The molecule has 0 fully saturated rings. The van der Waals surface area contributed by atoms with Gasteiger partial charge in [-0.3, -0.25) is 0 Å². The molecule has 1 aromatic carbocycles. The van der Waals surface area contributed by atoms with Crippen molar-refractivity contribution < 1.29 is 0 Å². The molecule has 0 saturated carbocycles. The van der Waals surface area contributed by atoms with Crippen molar-refractivity contribution in [2.75, 3.05) is 23.7 Å². The van der Waals surface area contributed by atoms with Gasteiger partial charge in [0.05, 0.1) is 5.69 Å². The van der Waals surface area contributed by atoms with Crippen molar-refractivity contribution in [3.05, 3.63) is 23.8 Å². The van der Waals surface area contributed by atoms with Gasteiger partial charge in [-0.1, -0.05) is 26.0 Å². The lowest BCUT2D eigenvalue weighted by molar-refractivity contribution is 0.644. The maximum absolute atomic E-state index is 5.84. The predicted octanol–water partition coefficient (Wildman–Crippen LogP) is 3.07. The van der Waals surface area contributed by atoms with Crippen LogP contribution in [0.4, 0.5) is 5.69 Å². The number of nitrogens with zero attached hydrogens (tertiary/aromatic N) is 1. The summed E-state index contributed by atoms with van der Waals surface area (Å²) >= 11 is 1.97. The third kappa shape index (κ3) is 2.45. The van der Waals surface area contributed by atoms with Crippen LogP contribution in [0.2, 0.25) is 0 Å². The van der Waals surface area contributed by atoms with E-state index in [1.165, 1.54) is 21.9 Å². The number of nitrogens with two attached hydrogens (primary N) is 1. The molecule has 2 nitrogen and oxygen atoms in total. The zero-order valence-electron chi connectivity index (χ0n) is 10.9. The van der Waals surface area contributed by atoms with Gasteiger partial charge in [0.15, 0.2) is 0 Å². The Morgan fingerprint density at radius 3 is 2.76 bits per heavy atom. The van der Waals surface area contributed by atoms with E-state index in [0.717, 1.165) is 13.1 Å². The third-order valence-corrected chi connectivity index (χ3v) is 4.43. The van der Waals surface area contributed by atoms with Crippen LogP contribution in [0.5, 0.6) is 0 Å². The van der Waals surface area contributed by atoms with E-state index in [1.807, 2.05) is 11.8 Å². The zero-order chi connectivity index (χ0) is 12.4. The first kappa shape index (κ1) is 12.8. The molecule has 3 heteroatoms. The number of hydrogen-bond donors (Lipinski definition) is 1. The van der Waals surface area contributed by atoms with Crippen LogP contribution in [0.15, 0.2) is 23.1 Å². The molecule has 1 heterocycles. The number of benzene rings is 1. The number of para-hydroxylation sites is 1. The highest BCUT2D eigenvalue weighted by molar-refractivity contribution is 7.99. The Morgan fingerprint density at radius 2 is 2.12 bits per heavy atom. The average molecular weight is 250 g/mol. The largest absolute Gasteiger partial charge is 0.366 e. The lowest BCUT2D eigenvalue weighted by Crippen LogP contribution is -2.42. The maximum Gasteiger partial charge on any atom is 0.0542 e. The molecule has 1 unspecified atom stereocenters. The Bertz CT molecular complexity index is 390. The smallest absolute Gasteiger partial charge is 0.0542 e. The van der Waals surface area contributed by atoms with Crippen molar-refractivity contribution in [1.82, 2.24) is 0 Å². The molecular weight excluding hydrogens is 228 g/mol. The highest BCUT2D eigenvalue weighted by Crippen LogP contribution is 2.40. The molecule has 1 atom stereocenters. The Labute approximate surface area is 109 Å². The molecule has 0 aliphatic carbocycles. The van der Waals surface area contributed by atoms with E-state index in [1.54, 1.807) is 0 Å². The van der Waals surface area contributed by atoms with Crippen LogP contribution in [0, 0.1) is 0 Å². The van der Waals surface area contributed by atoms with Crippen molar-refractivity contribution >= 4 is 17.4 Å². The van der Waals surface area contributed by atoms with Crippen LogP contribution < -0.4 is 10.6 Å². The lowest BCUT2D eigenvalue weighted by Gasteiger charge is -2.37. The van der Waals surface area contributed by atoms with E-state index in [-0.39, 0.29) is 0 Å². The van der Waals surface area contributed by atoms with Gasteiger partial charge in [0.25, 0.3) is 0 Å². The van der Waals surface area contributed by atoms with Gasteiger partial charge in [-0.2, -0.15) is 0 Å².